The Bertz CT molecular complexity index is 2660. The van der Waals surface area contributed by atoms with Crippen molar-refractivity contribution in [1.82, 2.24) is 41.4 Å². The Kier molecular flexibility index (Phi) is 37.6. The number of aliphatic hydroxyl groups excluding tert-OH is 1. The summed E-state index contributed by atoms with van der Waals surface area (Å²) in [6.45, 7) is 15.1. The minimum absolute atomic E-state index is 0.0243. The fourth-order valence-electron chi connectivity index (χ4n) is 9.53. The van der Waals surface area contributed by atoms with Crippen molar-refractivity contribution in [2.45, 2.75) is 137 Å². The third-order valence-electron chi connectivity index (χ3n) is 14.7. The van der Waals surface area contributed by atoms with E-state index in [9.17, 15) is 53.1 Å². The van der Waals surface area contributed by atoms with E-state index in [0.717, 1.165) is 42.9 Å². The third-order valence-corrected chi connectivity index (χ3v) is 15.6. The highest BCUT2D eigenvalue weighted by atomic mass is 32.1. The van der Waals surface area contributed by atoms with Gasteiger partial charge in [-0.1, -0.05) is 53.5 Å². The van der Waals surface area contributed by atoms with Gasteiger partial charge in [0.25, 0.3) is 5.91 Å². The Hall–Kier alpha value is -6.99. The van der Waals surface area contributed by atoms with Gasteiger partial charge in [-0.2, -0.15) is 0 Å². The SMILES string of the molecule is CC[C@H](C)[C@H](NC(=O)[C@H]1CCCCN1C)C(=O)N(C)[C@H](C[C@@H](OC(C)=O)c1nc(C(=O)N[C@@H](Cc2ccc(OC(C)=O)c(NC(=O)CCOCCNC(=O)/C=C/C(=O)NCCOCCOCCOCCC(=O)NCCOCCO)c2)CC(C)C(=O)O)cs1)C(C)C. The molecule has 0 bridgehead atoms. The van der Waals surface area contributed by atoms with Gasteiger partial charge in [0.15, 0.2) is 11.9 Å². The highest BCUT2D eigenvalue weighted by Gasteiger charge is 2.38. The maximum atomic E-state index is 14.4. The first-order valence-electron chi connectivity index (χ1n) is 31.0. The molecule has 1 fully saturated rings. The van der Waals surface area contributed by atoms with E-state index in [1.807, 2.05) is 39.6 Å². The van der Waals surface area contributed by atoms with Crippen LogP contribution in [0.15, 0.2) is 35.7 Å². The number of aliphatic hydroxyl groups is 1. The number of anilines is 1. The fourth-order valence-corrected chi connectivity index (χ4v) is 10.4. The van der Waals surface area contributed by atoms with E-state index in [2.05, 4.69) is 36.9 Å². The van der Waals surface area contributed by atoms with Crippen LogP contribution < -0.4 is 36.6 Å². The van der Waals surface area contributed by atoms with Crippen molar-refractivity contribution in [3.05, 3.63) is 52.0 Å². The molecule has 0 aliphatic carbocycles. The molecule has 7 atom stereocenters. The number of benzene rings is 1. The van der Waals surface area contributed by atoms with Crippen LogP contribution in [-0.4, -0.2) is 221 Å². The van der Waals surface area contributed by atoms with Crippen LogP contribution in [0, 0.1) is 17.8 Å². The molecule has 2 aromatic rings. The van der Waals surface area contributed by atoms with E-state index in [0.29, 0.717) is 51.4 Å². The summed E-state index contributed by atoms with van der Waals surface area (Å²) in [6.07, 6.45) is 4.59. The molecule has 3 rings (SSSR count). The molecule has 510 valence electrons. The third kappa shape index (κ3) is 31.3. The normalized spacial score (nSPS) is 15.3. The largest absolute Gasteiger partial charge is 0.481 e. The van der Waals surface area contributed by atoms with Crippen LogP contribution in [0.25, 0.3) is 0 Å². The highest BCUT2D eigenvalue weighted by Crippen LogP contribution is 2.32. The number of aliphatic carboxylic acids is 1. The zero-order valence-corrected chi connectivity index (χ0v) is 55.0. The van der Waals surface area contributed by atoms with Crippen LogP contribution in [-0.2, 0) is 78.0 Å². The molecule has 29 heteroatoms. The summed E-state index contributed by atoms with van der Waals surface area (Å²) in [5.74, 6) is -6.48. The van der Waals surface area contributed by atoms with Crippen LogP contribution in [0.2, 0.25) is 0 Å². The van der Waals surface area contributed by atoms with Gasteiger partial charge in [-0.15, -0.1) is 11.3 Å². The molecule has 2 heterocycles. The Morgan fingerprint density at radius 3 is 1.93 bits per heavy atom. The number of carbonyl (C=O) groups excluding carboxylic acids is 9. The second-order valence-electron chi connectivity index (χ2n) is 22.4. The number of nitrogens with one attached hydrogen (secondary N) is 6. The smallest absolute Gasteiger partial charge is 0.308 e. The molecule has 0 saturated carbocycles. The molecule has 1 aromatic carbocycles. The van der Waals surface area contributed by atoms with Gasteiger partial charge in [-0.3, -0.25) is 52.8 Å². The molecule has 8 N–H and O–H groups in total. The molecule has 28 nitrogen and oxygen atoms in total. The molecule has 1 aliphatic rings. The maximum Gasteiger partial charge on any atom is 0.308 e. The zero-order valence-electron chi connectivity index (χ0n) is 54.1. The van der Waals surface area contributed by atoms with Crippen molar-refractivity contribution in [3.63, 3.8) is 0 Å². The summed E-state index contributed by atoms with van der Waals surface area (Å²) in [5, 5.41) is 36.9. The summed E-state index contributed by atoms with van der Waals surface area (Å²) in [5.41, 5.74) is 0.613. The number of thiazole rings is 1. The first-order valence-corrected chi connectivity index (χ1v) is 31.9. The van der Waals surface area contributed by atoms with E-state index in [-0.39, 0.29) is 149 Å². The van der Waals surface area contributed by atoms with Crippen LogP contribution in [0.1, 0.15) is 127 Å². The number of amides is 7. The van der Waals surface area contributed by atoms with Crippen LogP contribution >= 0.6 is 11.3 Å². The monoisotopic (exact) mass is 1300 g/mol. The maximum absolute atomic E-state index is 14.4. The summed E-state index contributed by atoms with van der Waals surface area (Å²) in [4.78, 5) is 136. The van der Waals surface area contributed by atoms with E-state index in [1.54, 1.807) is 24.1 Å². The van der Waals surface area contributed by atoms with Gasteiger partial charge in [0.2, 0.25) is 35.4 Å². The van der Waals surface area contributed by atoms with E-state index in [4.69, 9.17) is 38.3 Å². The minimum Gasteiger partial charge on any atom is -0.481 e. The van der Waals surface area contributed by atoms with Crippen LogP contribution in [0.4, 0.5) is 5.69 Å². The second kappa shape index (κ2) is 43.7. The Balaban J connectivity index is 1.52. The van der Waals surface area contributed by atoms with E-state index < -0.39 is 71.7 Å². The molecule has 1 aromatic heterocycles. The summed E-state index contributed by atoms with van der Waals surface area (Å²) in [7, 11) is 3.58. The van der Waals surface area contributed by atoms with Crippen molar-refractivity contribution in [3.8, 4) is 5.75 Å². The number of piperidine rings is 1. The number of likely N-dealkylation sites (N-methyl/N-ethyl adjacent to an activating group) is 2. The first kappa shape index (κ1) is 78.3. The van der Waals surface area contributed by atoms with Crippen LogP contribution in [0.3, 0.4) is 0 Å². The minimum atomic E-state index is -1.10. The Morgan fingerprint density at radius 2 is 1.35 bits per heavy atom. The number of carboxylic acids is 1. The summed E-state index contributed by atoms with van der Waals surface area (Å²) < 4.78 is 38.0. The van der Waals surface area contributed by atoms with Crippen molar-refractivity contribution in [2.24, 2.45) is 17.8 Å². The van der Waals surface area contributed by atoms with Crippen molar-refractivity contribution < 1.29 is 91.3 Å². The predicted octanol–water partition coefficient (Wildman–Crippen LogP) is 2.71. The van der Waals surface area contributed by atoms with E-state index >= 15 is 0 Å². The number of carboxylic acid groups (broad SMARTS) is 1. The van der Waals surface area contributed by atoms with Crippen LogP contribution in [0.5, 0.6) is 5.75 Å². The molecule has 7 amide bonds. The van der Waals surface area contributed by atoms with Gasteiger partial charge in [-0.25, -0.2) is 4.98 Å². The van der Waals surface area contributed by atoms with Gasteiger partial charge in [-0.05, 0) is 68.8 Å². The number of hydrogen-bond donors (Lipinski definition) is 8. The summed E-state index contributed by atoms with van der Waals surface area (Å²) in [6, 6.07) is 2.15. The highest BCUT2D eigenvalue weighted by molar-refractivity contribution is 7.09. The quantitative estimate of drug-likeness (QED) is 0.0204. The number of nitrogens with zero attached hydrogens (tertiary/aromatic N) is 3. The van der Waals surface area contributed by atoms with Gasteiger partial charge >= 0.3 is 17.9 Å². The van der Waals surface area contributed by atoms with Gasteiger partial charge in [0.1, 0.15) is 16.7 Å². The standard InChI is InChI=1S/C62H97N9O19S/c1-10-41(4)57(69-59(80)49-13-11-12-23-70(49)8)61(81)71(9)50(40(2)3)38-52(90-44(7)74)60-68-48(39-91-60)58(79)66-46(35-42(5)62(82)83)36-45-14-15-51(89-43(6)73)47(37-45)67-56(78)19-26-84-27-20-63-53(75)16-17-54(76)64-22-29-87-32-34-88-33-31-85-25-18-55(77)65-21-28-86-30-24-72/h14-17,37,39-42,46,49-50,52,57,72H,10-13,18-36,38H2,1-9H3,(H,63,75)(H,64,76)(H,65,77)(H,66,79)(H,67,78)(H,69,80)(H,82,83)/b17-16+/t41-,42?,46+,49+,50+,52+,57-/m0/s1. The number of aromatic nitrogens is 1. The fraction of sp³-hybridized carbons (Fsp3) is 0.661. The second-order valence-corrected chi connectivity index (χ2v) is 23.3. The molecule has 1 aliphatic heterocycles. The lowest BCUT2D eigenvalue weighted by atomic mass is 9.92. The lowest BCUT2D eigenvalue weighted by molar-refractivity contribution is -0.149. The molecule has 91 heavy (non-hydrogen) atoms. The average molecular weight is 1300 g/mol. The first-order chi connectivity index (χ1) is 43.4. The lowest BCUT2D eigenvalue weighted by Crippen LogP contribution is -2.58. The van der Waals surface area contributed by atoms with Crippen molar-refractivity contribution >= 4 is 76.3 Å². The Labute approximate surface area is 537 Å². The number of hydrogen-bond acceptors (Lipinski definition) is 21. The molecule has 1 unspecified atom stereocenters. The Morgan fingerprint density at radius 1 is 0.758 bits per heavy atom. The van der Waals surface area contributed by atoms with E-state index in [1.165, 1.54) is 32.2 Å². The molecule has 0 radical (unpaired) electrons. The number of carbonyl (C=O) groups is 10. The topological polar surface area (TPSA) is 367 Å². The van der Waals surface area contributed by atoms with Crippen molar-refractivity contribution in [2.75, 3.05) is 118 Å². The van der Waals surface area contributed by atoms with Crippen molar-refractivity contribution in [1.29, 1.82) is 0 Å². The van der Waals surface area contributed by atoms with Gasteiger partial charge in [0, 0.05) is 83.0 Å². The van der Waals surface area contributed by atoms with Gasteiger partial charge < -0.3 is 80.2 Å². The predicted molar refractivity (Wildman–Crippen MR) is 336 cm³/mol. The lowest BCUT2D eigenvalue weighted by Gasteiger charge is -2.38. The average Bonchev–Trinajstić information content (AvgIpc) is 2.36. The molecular formula is C62H97N9O19S. The zero-order chi connectivity index (χ0) is 67.3. The number of rotatable bonds is 45. The molecule has 1 saturated heterocycles. The molecular weight excluding hydrogens is 1210 g/mol. The number of esters is 2. The number of ether oxygens (including phenoxy) is 7. The molecule has 0 spiro atoms. The summed E-state index contributed by atoms with van der Waals surface area (Å²) >= 11 is 1.08. The number of likely N-dealkylation sites (tertiary alicyclic amines) is 1. The van der Waals surface area contributed by atoms with Gasteiger partial charge in [0.05, 0.1) is 96.7 Å².